The van der Waals surface area contributed by atoms with Crippen molar-refractivity contribution in [2.45, 2.75) is 37.8 Å². The second-order valence-electron chi connectivity index (χ2n) is 4.83. The first-order valence-corrected chi connectivity index (χ1v) is 7.57. The van der Waals surface area contributed by atoms with Crippen LogP contribution in [0.5, 0.6) is 0 Å². The Balaban J connectivity index is 2.55. The van der Waals surface area contributed by atoms with Crippen molar-refractivity contribution < 1.29 is 20.1 Å². The summed E-state index contributed by atoms with van der Waals surface area (Å²) in [6, 6.07) is 0. The molecule has 2 unspecified atom stereocenters. The number of rotatable bonds is 10. The van der Waals surface area contributed by atoms with Crippen LogP contribution in [0.15, 0.2) is 0 Å². The monoisotopic (exact) mass is 277 g/mol. The van der Waals surface area contributed by atoms with E-state index in [1.54, 1.807) is 0 Å². The Kier molecular flexibility index (Phi) is 6.42. The van der Waals surface area contributed by atoms with E-state index in [0.717, 1.165) is 19.3 Å². The largest absolute Gasteiger partial charge is 0.480 e. The van der Waals surface area contributed by atoms with Crippen molar-refractivity contribution in [3.05, 3.63) is 0 Å². The van der Waals surface area contributed by atoms with Crippen LogP contribution in [0, 0.1) is 5.92 Å². The molecule has 0 aromatic heterocycles. The van der Waals surface area contributed by atoms with Crippen LogP contribution in [0.2, 0.25) is 0 Å². The lowest BCUT2D eigenvalue weighted by Gasteiger charge is -2.30. The van der Waals surface area contributed by atoms with Crippen molar-refractivity contribution in [2.24, 2.45) is 5.92 Å². The van der Waals surface area contributed by atoms with E-state index in [2.05, 4.69) is 5.32 Å². The fourth-order valence-electron chi connectivity index (χ4n) is 1.96. The van der Waals surface area contributed by atoms with Crippen molar-refractivity contribution in [1.82, 2.24) is 5.32 Å². The lowest BCUT2D eigenvalue weighted by Crippen LogP contribution is -2.56. The molecule has 0 aromatic carbocycles. The van der Waals surface area contributed by atoms with E-state index in [1.165, 1.54) is 11.8 Å². The van der Waals surface area contributed by atoms with Gasteiger partial charge in [0.25, 0.3) is 0 Å². The summed E-state index contributed by atoms with van der Waals surface area (Å²) >= 11 is 1.39. The quantitative estimate of drug-likeness (QED) is 0.459. The average Bonchev–Trinajstić information content (AvgIpc) is 3.17. The highest BCUT2D eigenvalue weighted by Gasteiger charge is 2.50. The van der Waals surface area contributed by atoms with Crippen molar-refractivity contribution >= 4 is 17.7 Å². The van der Waals surface area contributed by atoms with Crippen LogP contribution >= 0.6 is 11.8 Å². The van der Waals surface area contributed by atoms with Gasteiger partial charge in [-0.05, 0) is 31.7 Å². The summed E-state index contributed by atoms with van der Waals surface area (Å²) < 4.78 is 0. The molecule has 0 spiro atoms. The maximum atomic E-state index is 11.6. The summed E-state index contributed by atoms with van der Waals surface area (Å²) in [6.45, 7) is 2.42. The molecule has 1 aliphatic rings. The molecule has 4 N–H and O–H groups in total. The van der Waals surface area contributed by atoms with Crippen LogP contribution in [0.25, 0.3) is 0 Å². The molecule has 5 nitrogen and oxygen atoms in total. The molecule has 106 valence electrons. The molecule has 1 fully saturated rings. The Bertz CT molecular complexity index is 273. The zero-order chi connectivity index (χ0) is 13.6. The van der Waals surface area contributed by atoms with Gasteiger partial charge in [-0.2, -0.15) is 11.8 Å². The molecule has 1 saturated carbocycles. The number of aliphatic carboxylic acids is 1. The molecular weight excluding hydrogens is 254 g/mol. The molecule has 6 heteroatoms. The third-order valence-electron chi connectivity index (χ3n) is 3.20. The Hall–Kier alpha value is -0.300. The number of nitrogens with one attached hydrogen (secondary N) is 1. The molecule has 18 heavy (non-hydrogen) atoms. The van der Waals surface area contributed by atoms with Crippen molar-refractivity contribution in [1.29, 1.82) is 0 Å². The normalized spacial score (nSPS) is 20.4. The molecular formula is C12H23NO4S. The van der Waals surface area contributed by atoms with Crippen LogP contribution in [-0.4, -0.2) is 57.6 Å². The van der Waals surface area contributed by atoms with Crippen LogP contribution in [0.3, 0.4) is 0 Å². The molecule has 0 saturated heterocycles. The summed E-state index contributed by atoms with van der Waals surface area (Å²) in [4.78, 5) is 11.6. The molecule has 0 bridgehead atoms. The lowest BCUT2D eigenvalue weighted by molar-refractivity contribution is -0.144. The van der Waals surface area contributed by atoms with E-state index in [4.69, 9.17) is 5.11 Å². The third-order valence-corrected chi connectivity index (χ3v) is 4.48. The zero-order valence-corrected chi connectivity index (χ0v) is 11.6. The first-order valence-electron chi connectivity index (χ1n) is 6.42. The standard InChI is InChI=1S/C12H23NO4S/c1-2-5-13-12(11(16)17,9-3-4-9)8-18-7-10(15)6-14/h9-10,13-15H,2-8H2,1H3,(H,16,17). The van der Waals surface area contributed by atoms with Crippen LogP contribution in [0.1, 0.15) is 26.2 Å². The predicted octanol–water partition coefficient (Wildman–Crippen LogP) is 0.306. The lowest BCUT2D eigenvalue weighted by atomic mass is 9.95. The SMILES string of the molecule is CCCNC(CSCC(O)CO)(C(=O)O)C1CC1. The Labute approximate surface area is 112 Å². The highest BCUT2D eigenvalue weighted by atomic mass is 32.2. The average molecular weight is 277 g/mol. The molecule has 0 heterocycles. The second-order valence-corrected chi connectivity index (χ2v) is 5.86. The maximum Gasteiger partial charge on any atom is 0.325 e. The smallest absolute Gasteiger partial charge is 0.325 e. The highest BCUT2D eigenvalue weighted by molar-refractivity contribution is 7.99. The van der Waals surface area contributed by atoms with Gasteiger partial charge in [0.05, 0.1) is 12.7 Å². The summed E-state index contributed by atoms with van der Waals surface area (Å²) in [5, 5.41) is 30.7. The van der Waals surface area contributed by atoms with Crippen LogP contribution in [-0.2, 0) is 4.79 Å². The van der Waals surface area contributed by atoms with Gasteiger partial charge in [0.15, 0.2) is 0 Å². The fourth-order valence-corrected chi connectivity index (χ4v) is 3.24. The van der Waals surface area contributed by atoms with Gasteiger partial charge in [0.2, 0.25) is 0 Å². The number of carboxylic acid groups (broad SMARTS) is 1. The molecule has 2 atom stereocenters. The first kappa shape index (κ1) is 15.8. The Morgan fingerprint density at radius 1 is 1.56 bits per heavy atom. The maximum absolute atomic E-state index is 11.6. The van der Waals surface area contributed by atoms with Gasteiger partial charge in [-0.25, -0.2) is 0 Å². The third kappa shape index (κ3) is 4.12. The van der Waals surface area contributed by atoms with Crippen molar-refractivity contribution in [2.75, 3.05) is 24.7 Å². The second kappa shape index (κ2) is 7.33. The van der Waals surface area contributed by atoms with Crippen molar-refractivity contribution in [3.8, 4) is 0 Å². The van der Waals surface area contributed by atoms with Gasteiger partial charge in [-0.15, -0.1) is 0 Å². The van der Waals surface area contributed by atoms with Gasteiger partial charge in [-0.1, -0.05) is 6.92 Å². The van der Waals surface area contributed by atoms with E-state index in [-0.39, 0.29) is 12.5 Å². The molecule has 0 aromatic rings. The summed E-state index contributed by atoms with van der Waals surface area (Å²) in [5.74, 6) is 0.195. The molecule has 1 aliphatic carbocycles. The number of carbonyl (C=O) groups is 1. The number of hydrogen-bond donors (Lipinski definition) is 4. The van der Waals surface area contributed by atoms with Gasteiger partial charge in [0.1, 0.15) is 5.54 Å². The van der Waals surface area contributed by atoms with E-state index >= 15 is 0 Å². The zero-order valence-electron chi connectivity index (χ0n) is 10.8. The molecule has 1 rings (SSSR count). The van der Waals surface area contributed by atoms with Gasteiger partial charge < -0.3 is 20.6 Å². The summed E-state index contributed by atoms with van der Waals surface area (Å²) in [7, 11) is 0. The predicted molar refractivity (Wildman–Crippen MR) is 71.8 cm³/mol. The number of thioether (sulfide) groups is 1. The fraction of sp³-hybridized carbons (Fsp3) is 0.917. The Morgan fingerprint density at radius 3 is 2.67 bits per heavy atom. The minimum atomic E-state index is -0.865. The number of aliphatic hydroxyl groups excluding tert-OH is 2. The van der Waals surface area contributed by atoms with Gasteiger partial charge in [0, 0.05) is 11.5 Å². The Morgan fingerprint density at radius 2 is 2.22 bits per heavy atom. The minimum Gasteiger partial charge on any atom is -0.480 e. The van der Waals surface area contributed by atoms with Gasteiger partial charge in [-0.3, -0.25) is 4.79 Å². The summed E-state index contributed by atoms with van der Waals surface area (Å²) in [6.07, 6.45) is 2.02. The molecule has 0 amide bonds. The van der Waals surface area contributed by atoms with E-state index < -0.39 is 17.6 Å². The van der Waals surface area contributed by atoms with Gasteiger partial charge >= 0.3 is 5.97 Å². The first-order chi connectivity index (χ1) is 8.56. The van der Waals surface area contributed by atoms with Crippen LogP contribution < -0.4 is 5.32 Å². The van der Waals surface area contributed by atoms with E-state index in [9.17, 15) is 15.0 Å². The molecule has 0 aliphatic heterocycles. The highest BCUT2D eigenvalue weighted by Crippen LogP contribution is 2.41. The minimum absolute atomic E-state index is 0.195. The number of aliphatic hydroxyl groups is 2. The summed E-state index contributed by atoms with van der Waals surface area (Å²) in [5.41, 5.74) is -0.865. The number of hydrogen-bond acceptors (Lipinski definition) is 5. The van der Waals surface area contributed by atoms with E-state index in [1.807, 2.05) is 6.92 Å². The van der Waals surface area contributed by atoms with Crippen LogP contribution in [0.4, 0.5) is 0 Å². The topological polar surface area (TPSA) is 89.8 Å². The van der Waals surface area contributed by atoms with Crippen molar-refractivity contribution in [3.63, 3.8) is 0 Å². The number of carboxylic acids is 1. The van der Waals surface area contributed by atoms with E-state index in [0.29, 0.717) is 18.1 Å². The molecule has 0 radical (unpaired) electrons.